The Morgan fingerprint density at radius 2 is 1.71 bits per heavy atom. The summed E-state index contributed by atoms with van der Waals surface area (Å²) in [5.41, 5.74) is 0. The van der Waals surface area contributed by atoms with Crippen molar-refractivity contribution in [1.82, 2.24) is 0 Å². The summed E-state index contributed by atoms with van der Waals surface area (Å²) in [5, 5.41) is 0. The molecule has 0 fully saturated rings. The molecular weight excluding hydrogens is 287 g/mol. The van der Waals surface area contributed by atoms with Crippen molar-refractivity contribution in [3.63, 3.8) is 0 Å². The van der Waals surface area contributed by atoms with Crippen molar-refractivity contribution >= 4 is 31.8 Å². The van der Waals surface area contributed by atoms with E-state index >= 15 is 0 Å². The molecule has 0 saturated carbocycles. The third-order valence-electron chi connectivity index (χ3n) is 1.52. The van der Waals surface area contributed by atoms with Gasteiger partial charge < -0.3 is 14.2 Å². The van der Waals surface area contributed by atoms with Crippen LogP contribution in [0.3, 0.4) is 0 Å². The van der Waals surface area contributed by atoms with Crippen LogP contribution >= 0.6 is 0 Å². The molecule has 0 aliphatic rings. The van der Waals surface area contributed by atoms with Crippen molar-refractivity contribution in [2.75, 3.05) is 20.3 Å². The van der Waals surface area contributed by atoms with Crippen molar-refractivity contribution in [2.24, 2.45) is 0 Å². The van der Waals surface area contributed by atoms with E-state index in [0.717, 1.165) is 0 Å². The molecule has 0 radical (unpaired) electrons. The predicted molar refractivity (Wildman–Crippen MR) is 58.2 cm³/mol. The normalized spacial score (nSPS) is 9.71. The van der Waals surface area contributed by atoms with Gasteiger partial charge in [0.2, 0.25) is 0 Å². The summed E-state index contributed by atoms with van der Waals surface area (Å²) in [4.78, 5) is 10.8. The van der Waals surface area contributed by atoms with Crippen LogP contribution in [0.15, 0.2) is 0 Å². The van der Waals surface area contributed by atoms with Crippen molar-refractivity contribution in [3.05, 3.63) is 0 Å². The molecule has 0 amide bonds. The van der Waals surface area contributed by atoms with E-state index in [9.17, 15) is 4.79 Å². The molecule has 0 aliphatic heterocycles. The van der Waals surface area contributed by atoms with Gasteiger partial charge in [-0.25, -0.2) is 0 Å². The molecule has 0 rings (SSSR count). The van der Waals surface area contributed by atoms with E-state index in [4.69, 9.17) is 9.47 Å². The standard InChI is InChI=1S/C9H18O4.In.3H/c1-4-12-9(13-5-2)7-6-8(10)11-3;;;;/h9H,4-7H2,1-3H3;;;;. The van der Waals surface area contributed by atoms with Gasteiger partial charge >= 0.3 is 31.8 Å². The fraction of sp³-hybridized carbons (Fsp3) is 0.889. The number of carbonyl (C=O) groups is 1. The van der Waals surface area contributed by atoms with Gasteiger partial charge in [0.25, 0.3) is 0 Å². The molecule has 0 atom stereocenters. The van der Waals surface area contributed by atoms with E-state index in [0.29, 0.717) is 26.1 Å². The van der Waals surface area contributed by atoms with E-state index in [1.807, 2.05) is 13.8 Å². The fourth-order valence-corrected chi connectivity index (χ4v) is 0.924. The van der Waals surface area contributed by atoms with Crippen molar-refractivity contribution in [2.45, 2.75) is 33.0 Å². The zero-order valence-corrected chi connectivity index (χ0v) is 8.54. The molecule has 5 heteroatoms. The Balaban J connectivity index is 0. The molecule has 14 heavy (non-hydrogen) atoms. The van der Waals surface area contributed by atoms with Crippen molar-refractivity contribution in [3.8, 4) is 0 Å². The molecule has 0 aliphatic carbocycles. The second kappa shape index (κ2) is 11.3. The maximum absolute atomic E-state index is 10.8. The minimum absolute atomic E-state index is 0. The second-order valence-electron chi connectivity index (χ2n) is 2.46. The van der Waals surface area contributed by atoms with E-state index < -0.39 is 0 Å². The fourth-order valence-electron chi connectivity index (χ4n) is 0.924. The predicted octanol–water partition coefficient (Wildman–Crippen LogP) is 0.155. The first kappa shape index (κ1) is 16.7. The van der Waals surface area contributed by atoms with Crippen LogP contribution in [0, 0.1) is 0 Å². The van der Waals surface area contributed by atoms with E-state index in [1.54, 1.807) is 0 Å². The second-order valence-corrected chi connectivity index (χ2v) is 2.46. The first-order chi connectivity index (χ1) is 6.24. The summed E-state index contributed by atoms with van der Waals surface area (Å²) in [7, 11) is 1.37. The van der Waals surface area contributed by atoms with Gasteiger partial charge in [0.15, 0.2) is 6.29 Å². The zero-order chi connectivity index (χ0) is 10.1. The number of esters is 1. The number of carbonyl (C=O) groups excluding carboxylic acids is 1. The summed E-state index contributed by atoms with van der Waals surface area (Å²) in [6.07, 6.45) is 0.601. The van der Waals surface area contributed by atoms with Crippen LogP contribution in [0.5, 0.6) is 0 Å². The Kier molecular flexibility index (Phi) is 13.5. The summed E-state index contributed by atoms with van der Waals surface area (Å²) >= 11 is 0. The van der Waals surface area contributed by atoms with Crippen molar-refractivity contribution in [1.29, 1.82) is 0 Å². The average Bonchev–Trinajstić information content (AvgIpc) is 2.14. The molecule has 0 aromatic carbocycles. The Morgan fingerprint density at radius 3 is 2.07 bits per heavy atom. The molecule has 0 unspecified atom stereocenters. The summed E-state index contributed by atoms with van der Waals surface area (Å²) < 4.78 is 15.0. The van der Waals surface area contributed by atoms with Crippen LogP contribution < -0.4 is 0 Å². The number of ether oxygens (including phenoxy) is 3. The van der Waals surface area contributed by atoms with E-state index in [2.05, 4.69) is 4.74 Å². The molecule has 0 spiro atoms. The van der Waals surface area contributed by atoms with Gasteiger partial charge in [-0.1, -0.05) is 0 Å². The first-order valence-corrected chi connectivity index (χ1v) is 4.54. The quantitative estimate of drug-likeness (QED) is 0.496. The molecule has 0 aromatic heterocycles. The summed E-state index contributed by atoms with van der Waals surface area (Å²) in [6, 6.07) is 0. The molecule has 0 heterocycles. The maximum atomic E-state index is 10.8. The first-order valence-electron chi connectivity index (χ1n) is 4.54. The summed E-state index contributed by atoms with van der Waals surface area (Å²) in [6.45, 7) is 4.96. The number of rotatable bonds is 7. The average molecular weight is 308 g/mol. The Morgan fingerprint density at radius 1 is 1.21 bits per heavy atom. The zero-order valence-electron chi connectivity index (χ0n) is 8.54. The minimum atomic E-state index is -0.283. The molecule has 0 aromatic rings. The third-order valence-corrected chi connectivity index (χ3v) is 1.52. The number of methoxy groups -OCH3 is 1. The SMILES string of the molecule is CCOC(CCC(=O)OC)OCC.[InH3]. The molecule has 0 N–H and O–H groups in total. The van der Waals surface area contributed by atoms with Gasteiger partial charge in [-0.2, -0.15) is 0 Å². The van der Waals surface area contributed by atoms with Gasteiger partial charge in [-0.15, -0.1) is 0 Å². The summed E-state index contributed by atoms with van der Waals surface area (Å²) in [5.74, 6) is -0.232. The van der Waals surface area contributed by atoms with E-state index in [-0.39, 0.29) is 38.1 Å². The van der Waals surface area contributed by atoms with Gasteiger partial charge in [0.1, 0.15) is 0 Å². The van der Waals surface area contributed by atoms with Crippen LogP contribution in [0.4, 0.5) is 0 Å². The third kappa shape index (κ3) is 8.84. The van der Waals surface area contributed by atoms with Crippen LogP contribution in [-0.4, -0.2) is 58.4 Å². The molecule has 84 valence electrons. The van der Waals surface area contributed by atoms with Crippen molar-refractivity contribution < 1.29 is 19.0 Å². The Labute approximate surface area is 104 Å². The molecule has 4 nitrogen and oxygen atoms in total. The van der Waals surface area contributed by atoms with Crippen LogP contribution in [-0.2, 0) is 19.0 Å². The topological polar surface area (TPSA) is 44.8 Å². The molecular formula is C9H21InO4. The monoisotopic (exact) mass is 308 g/mol. The Bertz CT molecular complexity index is 135. The van der Waals surface area contributed by atoms with E-state index in [1.165, 1.54) is 7.11 Å². The number of hydrogen-bond acceptors (Lipinski definition) is 4. The van der Waals surface area contributed by atoms with Gasteiger partial charge in [0.05, 0.1) is 13.5 Å². The van der Waals surface area contributed by atoms with Gasteiger partial charge in [-0.05, 0) is 13.8 Å². The van der Waals surface area contributed by atoms with Gasteiger partial charge in [0, 0.05) is 19.6 Å². The Hall–Kier alpha value is 0.260. The van der Waals surface area contributed by atoms with Crippen LogP contribution in [0.1, 0.15) is 26.7 Å². The van der Waals surface area contributed by atoms with Crippen LogP contribution in [0.25, 0.3) is 0 Å². The van der Waals surface area contributed by atoms with Crippen LogP contribution in [0.2, 0.25) is 0 Å². The molecule has 0 saturated heterocycles. The van der Waals surface area contributed by atoms with Gasteiger partial charge in [-0.3, -0.25) is 4.79 Å². The molecule has 0 bridgehead atoms. The number of hydrogen-bond donors (Lipinski definition) is 0.